The number of hydrogen-bond acceptors (Lipinski definition) is 4. The zero-order chi connectivity index (χ0) is 14.4. The molecule has 0 aromatic carbocycles. The second-order valence-electron chi connectivity index (χ2n) is 4.93. The molecule has 0 spiro atoms. The SMILES string of the molecule is CCCC(CCc1ncc(C)c([N+](=O)[O-])c1C)NC. The molecule has 1 atom stereocenters. The first-order chi connectivity index (χ1) is 9.01. The maximum Gasteiger partial charge on any atom is 0.278 e. The van der Waals surface area contributed by atoms with Crippen LogP contribution in [0.4, 0.5) is 5.69 Å². The molecule has 106 valence electrons. The fourth-order valence-corrected chi connectivity index (χ4v) is 2.39. The van der Waals surface area contributed by atoms with Crippen molar-refractivity contribution in [1.82, 2.24) is 10.3 Å². The molecule has 0 aliphatic heterocycles. The monoisotopic (exact) mass is 265 g/mol. The highest BCUT2D eigenvalue weighted by molar-refractivity contribution is 5.47. The molecule has 0 saturated carbocycles. The van der Waals surface area contributed by atoms with Gasteiger partial charge in [0.15, 0.2) is 0 Å². The number of rotatable bonds is 7. The topological polar surface area (TPSA) is 68.1 Å². The van der Waals surface area contributed by atoms with Gasteiger partial charge in [0.25, 0.3) is 5.69 Å². The maximum absolute atomic E-state index is 11.1. The van der Waals surface area contributed by atoms with Crippen LogP contribution >= 0.6 is 0 Å². The smallest absolute Gasteiger partial charge is 0.278 e. The number of nitrogens with zero attached hydrogens (tertiary/aromatic N) is 2. The average molecular weight is 265 g/mol. The lowest BCUT2D eigenvalue weighted by atomic mass is 10.0. The van der Waals surface area contributed by atoms with Gasteiger partial charge in [-0.25, -0.2) is 0 Å². The first kappa shape index (κ1) is 15.6. The molecule has 5 heteroatoms. The van der Waals surface area contributed by atoms with Gasteiger partial charge < -0.3 is 5.32 Å². The van der Waals surface area contributed by atoms with Gasteiger partial charge in [0.2, 0.25) is 0 Å². The van der Waals surface area contributed by atoms with E-state index in [4.69, 9.17) is 0 Å². The van der Waals surface area contributed by atoms with Gasteiger partial charge in [0, 0.05) is 23.4 Å². The van der Waals surface area contributed by atoms with Crippen molar-refractivity contribution >= 4 is 5.69 Å². The van der Waals surface area contributed by atoms with E-state index in [2.05, 4.69) is 17.2 Å². The number of aryl methyl sites for hydroxylation is 2. The molecule has 19 heavy (non-hydrogen) atoms. The Hall–Kier alpha value is -1.49. The Bertz CT molecular complexity index is 447. The van der Waals surface area contributed by atoms with E-state index >= 15 is 0 Å². The zero-order valence-electron chi connectivity index (χ0n) is 12.2. The van der Waals surface area contributed by atoms with Crippen molar-refractivity contribution in [3.05, 3.63) is 33.1 Å². The lowest BCUT2D eigenvalue weighted by Crippen LogP contribution is -2.25. The number of aromatic nitrogens is 1. The zero-order valence-corrected chi connectivity index (χ0v) is 12.2. The molecule has 1 heterocycles. The van der Waals surface area contributed by atoms with E-state index in [0.717, 1.165) is 31.4 Å². The molecular weight excluding hydrogens is 242 g/mol. The fraction of sp³-hybridized carbons (Fsp3) is 0.643. The first-order valence-electron chi connectivity index (χ1n) is 6.78. The summed E-state index contributed by atoms with van der Waals surface area (Å²) in [5.41, 5.74) is 2.39. The van der Waals surface area contributed by atoms with Crippen molar-refractivity contribution in [3.8, 4) is 0 Å². The lowest BCUT2D eigenvalue weighted by Gasteiger charge is -2.15. The summed E-state index contributed by atoms with van der Waals surface area (Å²) in [5, 5.41) is 14.3. The van der Waals surface area contributed by atoms with Gasteiger partial charge in [-0.2, -0.15) is 0 Å². The normalized spacial score (nSPS) is 12.4. The van der Waals surface area contributed by atoms with Gasteiger partial charge in [-0.05, 0) is 40.2 Å². The minimum absolute atomic E-state index is 0.210. The predicted octanol–water partition coefficient (Wildman–Crippen LogP) is 2.93. The van der Waals surface area contributed by atoms with Crippen LogP contribution in [0.3, 0.4) is 0 Å². The van der Waals surface area contributed by atoms with Crippen molar-refractivity contribution < 1.29 is 4.92 Å². The van der Waals surface area contributed by atoms with Crippen LogP contribution in [0.25, 0.3) is 0 Å². The number of nitrogens with one attached hydrogen (secondary N) is 1. The highest BCUT2D eigenvalue weighted by Crippen LogP contribution is 2.25. The van der Waals surface area contributed by atoms with Gasteiger partial charge in [-0.15, -0.1) is 0 Å². The summed E-state index contributed by atoms with van der Waals surface area (Å²) in [6, 6.07) is 0.451. The van der Waals surface area contributed by atoms with Crippen LogP contribution in [0.1, 0.15) is 43.0 Å². The fourth-order valence-electron chi connectivity index (χ4n) is 2.39. The van der Waals surface area contributed by atoms with E-state index in [1.807, 2.05) is 7.05 Å². The van der Waals surface area contributed by atoms with Crippen LogP contribution in [-0.4, -0.2) is 23.0 Å². The molecule has 1 N–H and O–H groups in total. The highest BCUT2D eigenvalue weighted by Gasteiger charge is 2.19. The summed E-state index contributed by atoms with van der Waals surface area (Å²) in [7, 11) is 1.96. The molecule has 0 aliphatic carbocycles. The summed E-state index contributed by atoms with van der Waals surface area (Å²) < 4.78 is 0. The number of hydrogen-bond donors (Lipinski definition) is 1. The quantitative estimate of drug-likeness (QED) is 0.608. The van der Waals surface area contributed by atoms with Crippen molar-refractivity contribution in [1.29, 1.82) is 0 Å². The van der Waals surface area contributed by atoms with Crippen LogP contribution < -0.4 is 5.32 Å². The Morgan fingerprint density at radius 1 is 1.42 bits per heavy atom. The van der Waals surface area contributed by atoms with Gasteiger partial charge in [-0.1, -0.05) is 13.3 Å². The molecule has 0 aliphatic rings. The third-order valence-corrected chi connectivity index (χ3v) is 3.53. The van der Waals surface area contributed by atoms with Crippen LogP contribution in [0.15, 0.2) is 6.20 Å². The molecule has 0 saturated heterocycles. The van der Waals surface area contributed by atoms with E-state index in [1.165, 1.54) is 0 Å². The minimum atomic E-state index is -0.308. The second kappa shape index (κ2) is 7.19. The molecule has 1 unspecified atom stereocenters. The Labute approximate surface area is 114 Å². The van der Waals surface area contributed by atoms with Gasteiger partial charge in [0.1, 0.15) is 0 Å². The third kappa shape index (κ3) is 3.99. The highest BCUT2D eigenvalue weighted by atomic mass is 16.6. The summed E-state index contributed by atoms with van der Waals surface area (Å²) in [4.78, 5) is 15.1. The molecular formula is C14H23N3O2. The summed E-state index contributed by atoms with van der Waals surface area (Å²) in [6.07, 6.45) is 5.58. The molecule has 1 rings (SSSR count). The second-order valence-corrected chi connectivity index (χ2v) is 4.93. The predicted molar refractivity (Wildman–Crippen MR) is 76.4 cm³/mol. The van der Waals surface area contributed by atoms with Crippen molar-refractivity contribution in [2.75, 3.05) is 7.05 Å². The van der Waals surface area contributed by atoms with Crippen LogP contribution in [0.2, 0.25) is 0 Å². The average Bonchev–Trinajstić information content (AvgIpc) is 2.36. The summed E-state index contributed by atoms with van der Waals surface area (Å²) >= 11 is 0. The Morgan fingerprint density at radius 3 is 2.63 bits per heavy atom. The van der Waals surface area contributed by atoms with Gasteiger partial charge in [0.05, 0.1) is 10.6 Å². The number of pyridine rings is 1. The Balaban J connectivity index is 2.85. The van der Waals surface area contributed by atoms with Crippen LogP contribution in [-0.2, 0) is 6.42 Å². The largest absolute Gasteiger partial charge is 0.317 e. The maximum atomic E-state index is 11.1. The van der Waals surface area contributed by atoms with Crippen molar-refractivity contribution in [3.63, 3.8) is 0 Å². The molecule has 0 amide bonds. The third-order valence-electron chi connectivity index (χ3n) is 3.53. The lowest BCUT2D eigenvalue weighted by molar-refractivity contribution is -0.386. The minimum Gasteiger partial charge on any atom is -0.317 e. The van der Waals surface area contributed by atoms with E-state index in [9.17, 15) is 10.1 Å². The van der Waals surface area contributed by atoms with Gasteiger partial charge in [-0.3, -0.25) is 15.1 Å². The molecule has 0 radical (unpaired) electrons. The van der Waals surface area contributed by atoms with E-state index in [-0.39, 0.29) is 10.6 Å². The Kier molecular flexibility index (Phi) is 5.89. The number of nitro groups is 1. The molecule has 1 aromatic heterocycles. The molecule has 0 fully saturated rings. The molecule has 5 nitrogen and oxygen atoms in total. The van der Waals surface area contributed by atoms with Gasteiger partial charge >= 0.3 is 0 Å². The van der Waals surface area contributed by atoms with Crippen LogP contribution in [0, 0.1) is 24.0 Å². The summed E-state index contributed by atoms with van der Waals surface area (Å²) in [6.45, 7) is 5.68. The first-order valence-corrected chi connectivity index (χ1v) is 6.78. The van der Waals surface area contributed by atoms with E-state index in [1.54, 1.807) is 20.0 Å². The standard InChI is InChI=1S/C14H23N3O2/c1-5-6-12(15-4)7-8-13-11(3)14(17(18)19)10(2)9-16-13/h9,12,15H,5-8H2,1-4H3. The molecule has 0 bridgehead atoms. The van der Waals surface area contributed by atoms with Crippen molar-refractivity contribution in [2.45, 2.75) is 52.5 Å². The van der Waals surface area contributed by atoms with E-state index < -0.39 is 0 Å². The van der Waals surface area contributed by atoms with Crippen molar-refractivity contribution in [2.24, 2.45) is 0 Å². The van der Waals surface area contributed by atoms with E-state index in [0.29, 0.717) is 17.2 Å². The summed E-state index contributed by atoms with van der Waals surface area (Å²) in [5.74, 6) is 0. The Morgan fingerprint density at radius 2 is 2.11 bits per heavy atom. The molecule has 1 aromatic rings. The van der Waals surface area contributed by atoms with Crippen LogP contribution in [0.5, 0.6) is 0 Å².